The maximum atomic E-state index is 5.04. The van der Waals surface area contributed by atoms with Crippen molar-refractivity contribution in [3.05, 3.63) is 58.2 Å². The molecule has 0 fully saturated rings. The summed E-state index contributed by atoms with van der Waals surface area (Å²) in [5.41, 5.74) is 2.40. The Morgan fingerprint density at radius 1 is 1.32 bits per heavy atom. The average molecular weight is 321 g/mol. The zero-order chi connectivity index (χ0) is 13.7. The van der Waals surface area contributed by atoms with Gasteiger partial charge in [-0.3, -0.25) is 0 Å². The predicted octanol–water partition coefficient (Wildman–Crippen LogP) is 3.70. The van der Waals surface area contributed by atoms with E-state index in [9.17, 15) is 0 Å². The molecule has 0 radical (unpaired) electrons. The highest BCUT2D eigenvalue weighted by Gasteiger charge is 2.05. The molecule has 1 atom stereocenters. The molecular formula is C15H17BrN2O. The molecule has 4 heteroatoms. The van der Waals surface area contributed by atoms with Crippen molar-refractivity contribution in [2.24, 2.45) is 0 Å². The molecule has 0 amide bonds. The molecule has 3 nitrogen and oxygen atoms in total. The Balaban J connectivity index is 1.94. The van der Waals surface area contributed by atoms with Gasteiger partial charge in [-0.25, -0.2) is 4.98 Å². The topological polar surface area (TPSA) is 34.1 Å². The first-order valence-electron chi connectivity index (χ1n) is 6.17. The van der Waals surface area contributed by atoms with Gasteiger partial charge in [-0.15, -0.1) is 0 Å². The lowest BCUT2D eigenvalue weighted by Gasteiger charge is -2.14. The molecule has 19 heavy (non-hydrogen) atoms. The van der Waals surface area contributed by atoms with Gasteiger partial charge in [-0.1, -0.05) is 34.1 Å². The van der Waals surface area contributed by atoms with Gasteiger partial charge >= 0.3 is 0 Å². The first kappa shape index (κ1) is 14.0. The summed E-state index contributed by atoms with van der Waals surface area (Å²) in [6.45, 7) is 2.93. The Hall–Kier alpha value is -1.39. The standard InChI is InChI=1S/C15H17BrN2O/c1-11(13-4-3-5-14(16)8-13)17-9-12-6-7-15(19-2)18-10-12/h3-8,10-11,17H,9H2,1-2H3. The number of hydrogen-bond donors (Lipinski definition) is 1. The van der Waals surface area contributed by atoms with Crippen LogP contribution in [-0.2, 0) is 6.54 Å². The molecule has 1 N–H and O–H groups in total. The number of nitrogens with zero attached hydrogens (tertiary/aromatic N) is 1. The minimum atomic E-state index is 0.291. The highest BCUT2D eigenvalue weighted by molar-refractivity contribution is 9.10. The van der Waals surface area contributed by atoms with Gasteiger partial charge < -0.3 is 10.1 Å². The summed E-state index contributed by atoms with van der Waals surface area (Å²) in [5.74, 6) is 0.642. The third kappa shape index (κ3) is 4.04. The van der Waals surface area contributed by atoms with Crippen LogP contribution in [0.3, 0.4) is 0 Å². The molecule has 2 aromatic rings. The van der Waals surface area contributed by atoms with Gasteiger partial charge in [0.2, 0.25) is 5.88 Å². The minimum absolute atomic E-state index is 0.291. The lowest BCUT2D eigenvalue weighted by atomic mass is 10.1. The number of hydrogen-bond acceptors (Lipinski definition) is 3. The summed E-state index contributed by atoms with van der Waals surface area (Å²) in [5, 5.41) is 3.48. The van der Waals surface area contributed by atoms with Crippen LogP contribution in [0.25, 0.3) is 0 Å². The third-order valence-electron chi connectivity index (χ3n) is 2.97. The van der Waals surface area contributed by atoms with Crippen molar-refractivity contribution in [3.8, 4) is 5.88 Å². The normalized spacial score (nSPS) is 12.2. The van der Waals surface area contributed by atoms with E-state index in [0.29, 0.717) is 11.9 Å². The molecule has 1 heterocycles. The number of pyridine rings is 1. The number of ether oxygens (including phenoxy) is 1. The molecule has 0 saturated carbocycles. The Kier molecular flexibility index (Phi) is 4.93. The lowest BCUT2D eigenvalue weighted by Crippen LogP contribution is -2.18. The number of nitrogens with one attached hydrogen (secondary N) is 1. The Morgan fingerprint density at radius 3 is 2.79 bits per heavy atom. The predicted molar refractivity (Wildman–Crippen MR) is 80.2 cm³/mol. The maximum Gasteiger partial charge on any atom is 0.212 e. The summed E-state index contributed by atoms with van der Waals surface area (Å²) < 4.78 is 6.14. The van der Waals surface area contributed by atoms with Crippen LogP contribution in [0, 0.1) is 0 Å². The number of benzene rings is 1. The highest BCUT2D eigenvalue weighted by Crippen LogP contribution is 2.18. The van der Waals surface area contributed by atoms with Crippen molar-refractivity contribution < 1.29 is 4.74 Å². The van der Waals surface area contributed by atoms with Crippen molar-refractivity contribution in [3.63, 3.8) is 0 Å². The Labute approximate surface area is 122 Å². The van der Waals surface area contributed by atoms with Gasteiger partial charge in [0.05, 0.1) is 7.11 Å². The van der Waals surface area contributed by atoms with E-state index in [1.165, 1.54) is 5.56 Å². The molecule has 100 valence electrons. The van der Waals surface area contributed by atoms with Crippen LogP contribution in [0.2, 0.25) is 0 Å². The monoisotopic (exact) mass is 320 g/mol. The second kappa shape index (κ2) is 6.68. The molecule has 0 spiro atoms. The molecule has 1 aromatic heterocycles. The molecule has 1 aromatic carbocycles. The number of methoxy groups -OCH3 is 1. The van der Waals surface area contributed by atoms with Gasteiger partial charge in [0.1, 0.15) is 0 Å². The molecule has 0 aliphatic heterocycles. The van der Waals surface area contributed by atoms with Gasteiger partial charge in [0, 0.05) is 29.3 Å². The van der Waals surface area contributed by atoms with Crippen molar-refractivity contribution >= 4 is 15.9 Å². The second-order valence-electron chi connectivity index (χ2n) is 4.37. The first-order chi connectivity index (χ1) is 9.19. The summed E-state index contributed by atoms with van der Waals surface area (Å²) >= 11 is 3.49. The minimum Gasteiger partial charge on any atom is -0.481 e. The number of rotatable bonds is 5. The van der Waals surface area contributed by atoms with E-state index >= 15 is 0 Å². The smallest absolute Gasteiger partial charge is 0.212 e. The van der Waals surface area contributed by atoms with E-state index in [1.54, 1.807) is 7.11 Å². The van der Waals surface area contributed by atoms with E-state index in [-0.39, 0.29) is 0 Å². The van der Waals surface area contributed by atoms with Gasteiger partial charge in [0.25, 0.3) is 0 Å². The fourth-order valence-corrected chi connectivity index (χ4v) is 2.22. The molecule has 2 rings (SSSR count). The van der Waals surface area contributed by atoms with Crippen LogP contribution >= 0.6 is 15.9 Å². The number of halogens is 1. The van der Waals surface area contributed by atoms with E-state index in [2.05, 4.69) is 45.3 Å². The van der Waals surface area contributed by atoms with Crippen LogP contribution in [0.4, 0.5) is 0 Å². The Bertz CT molecular complexity index is 528. The van der Waals surface area contributed by atoms with Crippen molar-refractivity contribution in [2.75, 3.05) is 7.11 Å². The van der Waals surface area contributed by atoms with Crippen LogP contribution < -0.4 is 10.1 Å². The Morgan fingerprint density at radius 2 is 2.16 bits per heavy atom. The van der Waals surface area contributed by atoms with E-state index in [0.717, 1.165) is 16.6 Å². The fourth-order valence-electron chi connectivity index (χ4n) is 1.80. The quantitative estimate of drug-likeness (QED) is 0.912. The van der Waals surface area contributed by atoms with Gasteiger partial charge in [-0.2, -0.15) is 0 Å². The zero-order valence-corrected chi connectivity index (χ0v) is 12.6. The molecule has 0 saturated heterocycles. The SMILES string of the molecule is COc1ccc(CNC(C)c2cccc(Br)c2)cn1. The molecule has 0 bridgehead atoms. The summed E-state index contributed by atoms with van der Waals surface area (Å²) in [6.07, 6.45) is 1.83. The molecule has 1 unspecified atom stereocenters. The van der Waals surface area contributed by atoms with E-state index < -0.39 is 0 Å². The lowest BCUT2D eigenvalue weighted by molar-refractivity contribution is 0.397. The number of aromatic nitrogens is 1. The second-order valence-corrected chi connectivity index (χ2v) is 5.28. The van der Waals surface area contributed by atoms with Gasteiger partial charge in [0.15, 0.2) is 0 Å². The third-order valence-corrected chi connectivity index (χ3v) is 3.46. The van der Waals surface area contributed by atoms with Crippen LogP contribution in [-0.4, -0.2) is 12.1 Å². The fraction of sp³-hybridized carbons (Fsp3) is 0.267. The summed E-state index contributed by atoms with van der Waals surface area (Å²) in [6, 6.07) is 12.5. The summed E-state index contributed by atoms with van der Waals surface area (Å²) in [7, 11) is 1.62. The largest absolute Gasteiger partial charge is 0.481 e. The summed E-state index contributed by atoms with van der Waals surface area (Å²) in [4.78, 5) is 4.19. The van der Waals surface area contributed by atoms with Crippen molar-refractivity contribution in [1.29, 1.82) is 0 Å². The molecular weight excluding hydrogens is 304 g/mol. The zero-order valence-electron chi connectivity index (χ0n) is 11.1. The highest BCUT2D eigenvalue weighted by atomic mass is 79.9. The first-order valence-corrected chi connectivity index (χ1v) is 6.96. The maximum absolute atomic E-state index is 5.04. The van der Waals surface area contributed by atoms with Crippen LogP contribution in [0.15, 0.2) is 47.1 Å². The van der Waals surface area contributed by atoms with Crippen LogP contribution in [0.1, 0.15) is 24.1 Å². The van der Waals surface area contributed by atoms with E-state index in [1.807, 2.05) is 30.5 Å². The van der Waals surface area contributed by atoms with E-state index in [4.69, 9.17) is 4.74 Å². The van der Waals surface area contributed by atoms with Gasteiger partial charge in [-0.05, 0) is 30.2 Å². The molecule has 0 aliphatic carbocycles. The average Bonchev–Trinajstić information content (AvgIpc) is 2.45. The van der Waals surface area contributed by atoms with Crippen molar-refractivity contribution in [2.45, 2.75) is 19.5 Å². The van der Waals surface area contributed by atoms with Crippen LogP contribution in [0.5, 0.6) is 5.88 Å². The van der Waals surface area contributed by atoms with Crippen molar-refractivity contribution in [1.82, 2.24) is 10.3 Å². The molecule has 0 aliphatic rings.